The molecule has 4 N–H and O–H groups in total. The van der Waals surface area contributed by atoms with E-state index in [0.29, 0.717) is 51.4 Å². The van der Waals surface area contributed by atoms with Crippen molar-refractivity contribution in [1.82, 2.24) is 24.7 Å². The molecule has 0 amide bonds. The molecule has 41 heavy (non-hydrogen) atoms. The zero-order valence-electron chi connectivity index (χ0n) is 21.8. The van der Waals surface area contributed by atoms with E-state index < -0.39 is 28.6 Å². The van der Waals surface area contributed by atoms with Crippen LogP contribution < -0.4 is 5.14 Å². The molecule has 3 aromatic heterocycles. The van der Waals surface area contributed by atoms with Crippen molar-refractivity contribution < 1.29 is 22.9 Å². The number of hydrogen-bond donors (Lipinski definition) is 3. The van der Waals surface area contributed by atoms with Crippen molar-refractivity contribution in [2.24, 2.45) is 11.1 Å². The van der Waals surface area contributed by atoms with Crippen molar-refractivity contribution in [2.45, 2.75) is 37.5 Å². The summed E-state index contributed by atoms with van der Waals surface area (Å²) in [6, 6.07) is 9.09. The van der Waals surface area contributed by atoms with Crippen LogP contribution in [0.4, 0.5) is 8.78 Å². The van der Waals surface area contributed by atoms with Gasteiger partial charge in [0, 0.05) is 28.5 Å². The molecule has 2 aromatic carbocycles. The molecule has 1 fully saturated rings. The largest absolute Gasteiger partial charge is 0.476 e. The third-order valence-corrected chi connectivity index (χ3v) is 8.68. The van der Waals surface area contributed by atoms with Crippen LogP contribution in [-0.2, 0) is 28.0 Å². The van der Waals surface area contributed by atoms with E-state index in [-0.39, 0.29) is 17.0 Å². The van der Waals surface area contributed by atoms with Gasteiger partial charge in [0.2, 0.25) is 10.0 Å². The smallest absolute Gasteiger partial charge is 0.355 e. The zero-order valence-corrected chi connectivity index (χ0v) is 23.5. The first-order chi connectivity index (χ1) is 19.7. The molecule has 210 valence electrons. The molecule has 1 atom stereocenters. The first-order valence-corrected chi connectivity index (χ1v) is 15.0. The number of hydrogen-bond acceptors (Lipinski definition) is 6. The van der Waals surface area contributed by atoms with Gasteiger partial charge in [-0.25, -0.2) is 28.2 Å². The Balaban J connectivity index is 1.54. The second-order valence-corrected chi connectivity index (χ2v) is 12.0. The Hall–Kier alpha value is -4.07. The van der Waals surface area contributed by atoms with E-state index in [9.17, 15) is 22.9 Å². The highest BCUT2D eigenvalue weighted by atomic mass is 32.2. The number of imidazole rings is 1. The third kappa shape index (κ3) is 5.47. The number of thiazole rings is 1. The zero-order chi connectivity index (χ0) is 28.8. The first kappa shape index (κ1) is 27.1. The van der Waals surface area contributed by atoms with E-state index in [4.69, 9.17) is 10.2 Å². The van der Waals surface area contributed by atoms with Crippen LogP contribution in [0.5, 0.6) is 0 Å². The Morgan fingerprint density at radius 1 is 1.22 bits per heavy atom. The summed E-state index contributed by atoms with van der Waals surface area (Å²) in [7, 11) is -2.34. The molecular weight excluding hydrogens is 570 g/mol. The second-order valence-electron chi connectivity index (χ2n) is 10.0. The number of benzene rings is 2. The molecule has 13 heteroatoms. The fraction of sp³-hybridized carbons (Fsp3) is 0.214. The maximum atomic E-state index is 15.0. The fourth-order valence-electron chi connectivity index (χ4n) is 4.81. The first-order valence-electron chi connectivity index (χ1n) is 12.8. The SMILES string of the molecule is Cc1ncc(-c2cc(-c3nn(-c4nc(C(=O)O)cs4)c(CC4CC4)c3Cc3ccc([SH+](N)=O)c(F)c3)ccc2F)[nH]1. The number of nitrogens with zero attached hydrogens (tertiary/aromatic N) is 4. The number of aromatic amines is 1. The molecular formula is C28H25F2N6O3S2+. The minimum Gasteiger partial charge on any atom is -0.476 e. The lowest BCUT2D eigenvalue weighted by atomic mass is 9.95. The van der Waals surface area contributed by atoms with Gasteiger partial charge in [-0.05, 0) is 68.0 Å². The number of carbonyl (C=O) groups is 1. The number of thiol groups is 1. The highest BCUT2D eigenvalue weighted by Crippen LogP contribution is 2.39. The standard InChI is InChI=1S/C28H24F2N6O3S2/c1-14-32-12-22(33-14)18-11-17(5-6-20(18)29)26-19(8-16-4-7-25(41(31)39)21(30)9-16)24(10-15-2-3-15)36(35-26)28-34-23(13-40-28)27(37)38/h4-7,9,11-13,15H,2-3,8,10H2,1H3,(H2,31,39)(H,32,33)(H,37,38)/p+1. The minimum absolute atomic E-state index is 0.0557. The Kier molecular flexibility index (Phi) is 7.09. The van der Waals surface area contributed by atoms with E-state index in [1.54, 1.807) is 36.0 Å². The number of aromatic nitrogens is 5. The molecule has 1 saturated carbocycles. The van der Waals surface area contributed by atoms with Crippen LogP contribution in [0.15, 0.2) is 52.9 Å². The van der Waals surface area contributed by atoms with E-state index in [0.717, 1.165) is 35.4 Å². The van der Waals surface area contributed by atoms with Gasteiger partial charge in [-0.1, -0.05) is 10.3 Å². The normalized spacial score (nSPS) is 14.0. The lowest BCUT2D eigenvalue weighted by Crippen LogP contribution is -2.07. The van der Waals surface area contributed by atoms with Crippen LogP contribution in [0, 0.1) is 24.5 Å². The minimum atomic E-state index is -2.34. The topological polar surface area (TPSA) is 140 Å². The molecule has 0 radical (unpaired) electrons. The van der Waals surface area contributed by atoms with Crippen LogP contribution in [-0.4, -0.2) is 35.8 Å². The highest BCUT2D eigenvalue weighted by molar-refractivity contribution is 7.82. The summed E-state index contributed by atoms with van der Waals surface area (Å²) in [5, 5.41) is 21.6. The summed E-state index contributed by atoms with van der Waals surface area (Å²) in [6.45, 7) is 1.78. The van der Waals surface area contributed by atoms with Gasteiger partial charge >= 0.3 is 5.97 Å². The number of H-pyrrole nitrogens is 1. The van der Waals surface area contributed by atoms with Crippen molar-refractivity contribution in [3.63, 3.8) is 0 Å². The molecule has 9 nitrogen and oxygen atoms in total. The van der Waals surface area contributed by atoms with Crippen LogP contribution >= 0.6 is 11.3 Å². The van der Waals surface area contributed by atoms with Gasteiger partial charge in [0.1, 0.15) is 11.6 Å². The molecule has 1 aliphatic rings. The summed E-state index contributed by atoms with van der Waals surface area (Å²) in [6.07, 6.45) is 4.58. The molecule has 3 heterocycles. The molecule has 0 bridgehead atoms. The molecule has 6 rings (SSSR count). The van der Waals surface area contributed by atoms with E-state index in [1.807, 2.05) is 0 Å². The lowest BCUT2D eigenvalue weighted by molar-refractivity contribution is 0.0691. The summed E-state index contributed by atoms with van der Waals surface area (Å²) >= 11 is 1.16. The quantitative estimate of drug-likeness (QED) is 0.159. The summed E-state index contributed by atoms with van der Waals surface area (Å²) < 4.78 is 43.1. The van der Waals surface area contributed by atoms with Crippen molar-refractivity contribution in [3.8, 4) is 27.6 Å². The Morgan fingerprint density at radius 3 is 2.66 bits per heavy atom. The van der Waals surface area contributed by atoms with Gasteiger partial charge in [0.25, 0.3) is 0 Å². The van der Waals surface area contributed by atoms with Gasteiger partial charge in [0.05, 0.1) is 23.3 Å². The summed E-state index contributed by atoms with van der Waals surface area (Å²) in [5.41, 5.74) is 4.12. The van der Waals surface area contributed by atoms with Crippen LogP contribution in [0.3, 0.4) is 0 Å². The Bertz CT molecular complexity index is 1830. The van der Waals surface area contributed by atoms with Crippen LogP contribution in [0.1, 0.15) is 46.0 Å². The molecule has 0 spiro atoms. The second kappa shape index (κ2) is 10.7. The van der Waals surface area contributed by atoms with Gasteiger partial charge in [0.15, 0.2) is 22.5 Å². The van der Waals surface area contributed by atoms with Crippen molar-refractivity contribution in [3.05, 3.63) is 87.9 Å². The highest BCUT2D eigenvalue weighted by Gasteiger charge is 2.30. The number of aromatic carboxylic acids is 1. The van der Waals surface area contributed by atoms with Crippen molar-refractivity contribution >= 4 is 28.3 Å². The fourth-order valence-corrected chi connectivity index (χ4v) is 6.07. The average Bonchev–Trinajstić information content (AvgIpc) is 3.28. The van der Waals surface area contributed by atoms with E-state index in [2.05, 4.69) is 15.0 Å². The number of rotatable bonds is 9. The number of carboxylic acid groups (broad SMARTS) is 1. The number of halogens is 2. The number of carboxylic acids is 1. The summed E-state index contributed by atoms with van der Waals surface area (Å²) in [4.78, 5) is 23.1. The van der Waals surface area contributed by atoms with Gasteiger partial charge in [-0.3, -0.25) is 0 Å². The summed E-state index contributed by atoms with van der Waals surface area (Å²) in [5.74, 6) is -1.17. The molecule has 0 saturated heterocycles. The van der Waals surface area contributed by atoms with Gasteiger partial charge < -0.3 is 10.1 Å². The van der Waals surface area contributed by atoms with Crippen molar-refractivity contribution in [2.75, 3.05) is 0 Å². The predicted molar refractivity (Wildman–Crippen MR) is 151 cm³/mol. The van der Waals surface area contributed by atoms with Gasteiger partial charge in [-0.2, -0.15) is 5.10 Å². The molecule has 0 aliphatic heterocycles. The molecule has 5 aromatic rings. The maximum Gasteiger partial charge on any atom is 0.355 e. The van der Waals surface area contributed by atoms with E-state index in [1.165, 1.54) is 23.6 Å². The number of aryl methyl sites for hydroxylation is 1. The maximum absolute atomic E-state index is 15.0. The van der Waals surface area contributed by atoms with Crippen LogP contribution in [0.2, 0.25) is 0 Å². The average molecular weight is 596 g/mol. The van der Waals surface area contributed by atoms with E-state index >= 15 is 0 Å². The Labute approximate surface area is 239 Å². The molecule has 1 unspecified atom stereocenters. The third-order valence-electron chi connectivity index (χ3n) is 7.02. The Morgan fingerprint density at radius 2 is 2.02 bits per heavy atom. The lowest BCUT2D eigenvalue weighted by Gasteiger charge is -2.10. The number of nitrogens with one attached hydrogen (secondary N) is 1. The monoisotopic (exact) mass is 595 g/mol. The van der Waals surface area contributed by atoms with Crippen LogP contribution in [0.25, 0.3) is 27.6 Å². The van der Waals surface area contributed by atoms with Crippen molar-refractivity contribution in [1.29, 1.82) is 0 Å². The van der Waals surface area contributed by atoms with Gasteiger partial charge in [-0.15, -0.1) is 16.5 Å². The predicted octanol–water partition coefficient (Wildman–Crippen LogP) is 5.14. The number of nitrogens with two attached hydrogens (primary N) is 1. The molecule has 1 aliphatic carbocycles.